The molecule has 0 radical (unpaired) electrons. The Morgan fingerprint density at radius 1 is 0.962 bits per heavy atom. The third kappa shape index (κ3) is 6.81. The Balaban J connectivity index is 0.00000338. The number of aliphatic imine (C=N–C) groups is 1. The highest BCUT2D eigenvalue weighted by atomic mass is 127. The molecular formula is C17H32IN5O3. The van der Waals surface area contributed by atoms with E-state index in [9.17, 15) is 9.59 Å². The van der Waals surface area contributed by atoms with Crippen molar-refractivity contribution in [2.45, 2.75) is 33.1 Å². The predicted octanol–water partition coefficient (Wildman–Crippen LogP) is 1.36. The molecule has 0 bridgehead atoms. The molecule has 2 amide bonds. The van der Waals surface area contributed by atoms with Crippen molar-refractivity contribution >= 4 is 41.9 Å². The number of nitrogens with one attached hydrogen (secondary N) is 1. The summed E-state index contributed by atoms with van der Waals surface area (Å²) in [5.41, 5.74) is 0. The Morgan fingerprint density at radius 3 is 2.15 bits per heavy atom. The standard InChI is InChI=1S/C17H31N5O3.HI/c1-3-18-16(19-8-7-15(23)20-9-5-6-10-20)21-11-13-22(14-12-21)17(24)25-4-2;/h3-14H2,1-2H3,(H,18,19);1H. The van der Waals surface area contributed by atoms with E-state index in [2.05, 4.69) is 15.2 Å². The highest BCUT2D eigenvalue weighted by molar-refractivity contribution is 14.0. The maximum atomic E-state index is 12.1. The van der Waals surface area contributed by atoms with Gasteiger partial charge in [0.15, 0.2) is 5.96 Å². The van der Waals surface area contributed by atoms with Crippen LogP contribution in [-0.4, -0.2) is 91.6 Å². The zero-order chi connectivity index (χ0) is 18.1. The molecule has 2 rings (SSSR count). The molecule has 0 atom stereocenters. The predicted molar refractivity (Wildman–Crippen MR) is 112 cm³/mol. The Kier molecular flexibility index (Phi) is 10.7. The lowest BCUT2D eigenvalue weighted by atomic mass is 10.3. The van der Waals surface area contributed by atoms with Gasteiger partial charge in [-0.05, 0) is 26.7 Å². The quantitative estimate of drug-likeness (QED) is 0.365. The van der Waals surface area contributed by atoms with Gasteiger partial charge in [-0.15, -0.1) is 24.0 Å². The lowest BCUT2D eigenvalue weighted by molar-refractivity contribution is -0.129. The fourth-order valence-electron chi connectivity index (χ4n) is 3.12. The van der Waals surface area contributed by atoms with Gasteiger partial charge in [0.25, 0.3) is 0 Å². The zero-order valence-electron chi connectivity index (χ0n) is 15.9. The van der Waals surface area contributed by atoms with Gasteiger partial charge in [-0.1, -0.05) is 0 Å². The summed E-state index contributed by atoms with van der Waals surface area (Å²) in [5.74, 6) is 1.02. The minimum atomic E-state index is -0.250. The van der Waals surface area contributed by atoms with E-state index in [0.29, 0.717) is 45.8 Å². The van der Waals surface area contributed by atoms with Crippen molar-refractivity contribution in [1.82, 2.24) is 20.0 Å². The number of carbonyl (C=O) groups is 2. The minimum Gasteiger partial charge on any atom is -0.450 e. The molecule has 2 aliphatic rings. The third-order valence-corrected chi connectivity index (χ3v) is 4.49. The van der Waals surface area contributed by atoms with Gasteiger partial charge in [0.1, 0.15) is 0 Å². The smallest absolute Gasteiger partial charge is 0.409 e. The Bertz CT molecular complexity index is 475. The maximum Gasteiger partial charge on any atom is 0.409 e. The second kappa shape index (κ2) is 12.2. The van der Waals surface area contributed by atoms with E-state index >= 15 is 0 Å². The summed E-state index contributed by atoms with van der Waals surface area (Å²) in [6.45, 7) is 9.95. The lowest BCUT2D eigenvalue weighted by Gasteiger charge is -2.35. The van der Waals surface area contributed by atoms with Gasteiger partial charge in [-0.3, -0.25) is 9.79 Å². The molecule has 2 aliphatic heterocycles. The van der Waals surface area contributed by atoms with Gasteiger partial charge < -0.3 is 24.8 Å². The van der Waals surface area contributed by atoms with Crippen LogP contribution in [0, 0.1) is 0 Å². The van der Waals surface area contributed by atoms with Crippen LogP contribution in [0.1, 0.15) is 33.1 Å². The highest BCUT2D eigenvalue weighted by Gasteiger charge is 2.24. The van der Waals surface area contributed by atoms with Crippen molar-refractivity contribution in [3.63, 3.8) is 0 Å². The van der Waals surface area contributed by atoms with Crippen LogP contribution in [0.2, 0.25) is 0 Å². The van der Waals surface area contributed by atoms with Crippen molar-refractivity contribution < 1.29 is 14.3 Å². The number of piperazine rings is 1. The minimum absolute atomic E-state index is 0. The van der Waals surface area contributed by atoms with Crippen molar-refractivity contribution in [3.8, 4) is 0 Å². The van der Waals surface area contributed by atoms with Crippen molar-refractivity contribution in [2.75, 3.05) is 59.0 Å². The molecule has 8 nitrogen and oxygen atoms in total. The van der Waals surface area contributed by atoms with E-state index < -0.39 is 0 Å². The number of amides is 2. The van der Waals surface area contributed by atoms with E-state index in [-0.39, 0.29) is 36.0 Å². The molecule has 2 saturated heterocycles. The Morgan fingerprint density at radius 2 is 1.58 bits per heavy atom. The molecule has 0 aliphatic carbocycles. The largest absolute Gasteiger partial charge is 0.450 e. The fourth-order valence-corrected chi connectivity index (χ4v) is 3.12. The second-order valence-electron chi connectivity index (χ2n) is 6.25. The van der Waals surface area contributed by atoms with Crippen LogP contribution in [0.5, 0.6) is 0 Å². The van der Waals surface area contributed by atoms with Crippen LogP contribution in [0.25, 0.3) is 0 Å². The molecule has 9 heteroatoms. The lowest BCUT2D eigenvalue weighted by Crippen LogP contribution is -2.54. The first-order valence-electron chi connectivity index (χ1n) is 9.38. The van der Waals surface area contributed by atoms with Crippen LogP contribution >= 0.6 is 24.0 Å². The van der Waals surface area contributed by atoms with E-state index in [1.54, 1.807) is 4.90 Å². The number of ether oxygens (including phenoxy) is 1. The van der Waals surface area contributed by atoms with Gasteiger partial charge in [0.2, 0.25) is 5.91 Å². The summed E-state index contributed by atoms with van der Waals surface area (Å²) < 4.78 is 5.05. The van der Waals surface area contributed by atoms with Gasteiger partial charge in [-0.2, -0.15) is 0 Å². The topological polar surface area (TPSA) is 77.5 Å². The molecule has 0 unspecified atom stereocenters. The summed E-state index contributed by atoms with van der Waals surface area (Å²) in [4.78, 5) is 34.3. The number of likely N-dealkylation sites (tertiary alicyclic amines) is 1. The summed E-state index contributed by atoms with van der Waals surface area (Å²) in [6.07, 6.45) is 2.43. The number of guanidine groups is 1. The molecule has 0 saturated carbocycles. The van der Waals surface area contributed by atoms with Gasteiger partial charge in [0.05, 0.1) is 13.2 Å². The number of nitrogens with zero attached hydrogens (tertiary/aromatic N) is 4. The van der Waals surface area contributed by atoms with Crippen LogP contribution < -0.4 is 5.32 Å². The van der Waals surface area contributed by atoms with Gasteiger partial charge >= 0.3 is 6.09 Å². The number of rotatable bonds is 5. The van der Waals surface area contributed by atoms with Crippen molar-refractivity contribution in [2.24, 2.45) is 4.99 Å². The van der Waals surface area contributed by atoms with Gasteiger partial charge in [-0.25, -0.2) is 4.79 Å². The monoisotopic (exact) mass is 481 g/mol. The molecule has 0 aromatic heterocycles. The number of hydrogen-bond donors (Lipinski definition) is 1. The first-order valence-corrected chi connectivity index (χ1v) is 9.38. The van der Waals surface area contributed by atoms with E-state index in [1.807, 2.05) is 18.7 Å². The Labute approximate surface area is 173 Å². The van der Waals surface area contributed by atoms with Gasteiger partial charge in [0, 0.05) is 52.2 Å². The van der Waals surface area contributed by atoms with E-state index in [0.717, 1.165) is 38.4 Å². The summed E-state index contributed by atoms with van der Waals surface area (Å²) in [5, 5.41) is 3.28. The molecule has 150 valence electrons. The molecule has 1 N–H and O–H groups in total. The third-order valence-electron chi connectivity index (χ3n) is 4.49. The molecule has 0 spiro atoms. The molecule has 2 heterocycles. The van der Waals surface area contributed by atoms with E-state index in [4.69, 9.17) is 4.74 Å². The maximum absolute atomic E-state index is 12.1. The molecule has 0 aromatic carbocycles. The molecule has 0 aromatic rings. The normalized spacial score (nSPS) is 17.8. The zero-order valence-corrected chi connectivity index (χ0v) is 18.2. The average Bonchev–Trinajstić information content (AvgIpc) is 3.16. The van der Waals surface area contributed by atoms with Crippen LogP contribution in [0.3, 0.4) is 0 Å². The van der Waals surface area contributed by atoms with Crippen LogP contribution in [0.4, 0.5) is 4.79 Å². The number of hydrogen-bond acceptors (Lipinski definition) is 4. The van der Waals surface area contributed by atoms with Crippen LogP contribution in [-0.2, 0) is 9.53 Å². The summed E-state index contributed by atoms with van der Waals surface area (Å²) >= 11 is 0. The number of carbonyl (C=O) groups excluding carboxylic acids is 2. The first-order chi connectivity index (χ1) is 12.2. The Hall–Kier alpha value is -1.26. The fraction of sp³-hybridized carbons (Fsp3) is 0.824. The van der Waals surface area contributed by atoms with E-state index in [1.165, 1.54) is 0 Å². The SMILES string of the molecule is CCNC(=NCCC(=O)N1CCCC1)N1CCN(C(=O)OCC)CC1.I. The second-order valence-corrected chi connectivity index (χ2v) is 6.25. The van der Waals surface area contributed by atoms with Crippen LogP contribution in [0.15, 0.2) is 4.99 Å². The highest BCUT2D eigenvalue weighted by Crippen LogP contribution is 2.09. The number of halogens is 1. The summed E-state index contributed by atoms with van der Waals surface area (Å²) in [7, 11) is 0. The van der Waals surface area contributed by atoms with Crippen molar-refractivity contribution in [1.29, 1.82) is 0 Å². The average molecular weight is 481 g/mol. The van der Waals surface area contributed by atoms with Crippen molar-refractivity contribution in [3.05, 3.63) is 0 Å². The molecule has 26 heavy (non-hydrogen) atoms. The summed E-state index contributed by atoms with van der Waals surface area (Å²) in [6, 6.07) is 0. The first kappa shape index (κ1) is 22.8. The molecule has 2 fully saturated rings. The molecular weight excluding hydrogens is 449 g/mol.